The van der Waals surface area contributed by atoms with E-state index >= 15 is 0 Å². The summed E-state index contributed by atoms with van der Waals surface area (Å²) < 4.78 is 2.32. The van der Waals surface area contributed by atoms with E-state index in [0.29, 0.717) is 18.1 Å². The van der Waals surface area contributed by atoms with Crippen molar-refractivity contribution in [3.63, 3.8) is 0 Å². The molecule has 5 rings (SSSR count). The minimum Gasteiger partial charge on any atom is -0.352 e. The first-order valence-electron chi connectivity index (χ1n) is 12.8. The molecule has 0 bridgehead atoms. The SMILES string of the molecule is Cc1ccc(NC(=O)CCN2C(=S)N[C@H](c3ccccn3)[C@@H]2c2cc(C)n(Cc3ccncc3)c2C)cc1. The topological polar surface area (TPSA) is 75.1 Å². The van der Waals surface area contributed by atoms with Crippen LogP contribution in [-0.4, -0.2) is 37.0 Å². The van der Waals surface area contributed by atoms with Crippen LogP contribution in [0.1, 0.15) is 52.3 Å². The molecule has 4 heterocycles. The molecule has 0 aliphatic carbocycles. The van der Waals surface area contributed by atoms with Crippen LogP contribution in [-0.2, 0) is 11.3 Å². The number of carbonyl (C=O) groups excluding carboxylic acids is 1. The van der Waals surface area contributed by atoms with E-state index in [2.05, 4.69) is 50.0 Å². The molecular weight excluding hydrogens is 492 g/mol. The Hall–Kier alpha value is -4.04. The lowest BCUT2D eigenvalue weighted by Gasteiger charge is -2.28. The summed E-state index contributed by atoms with van der Waals surface area (Å²) in [6, 6.07) is 19.9. The maximum atomic E-state index is 12.9. The van der Waals surface area contributed by atoms with E-state index in [0.717, 1.165) is 23.5 Å². The highest BCUT2D eigenvalue weighted by atomic mass is 32.1. The van der Waals surface area contributed by atoms with Gasteiger partial charge in [-0.1, -0.05) is 23.8 Å². The van der Waals surface area contributed by atoms with Crippen molar-refractivity contribution < 1.29 is 4.79 Å². The number of benzene rings is 1. The Morgan fingerprint density at radius 2 is 1.79 bits per heavy atom. The second-order valence-electron chi connectivity index (χ2n) is 9.75. The molecule has 1 aromatic carbocycles. The minimum absolute atomic E-state index is 0.0418. The smallest absolute Gasteiger partial charge is 0.226 e. The highest BCUT2D eigenvalue weighted by Crippen LogP contribution is 2.41. The standard InChI is InChI=1S/C30H32N6OS/c1-20-7-9-24(10-8-20)33-27(37)13-17-35-29(28(34-30(35)38)26-6-4-5-14-32-26)25-18-21(2)36(22(25)3)19-23-11-15-31-16-12-23/h4-12,14-16,18,28-29H,13,17,19H2,1-3H3,(H,33,37)(H,34,38)/t28-,29+/m1/s1. The van der Waals surface area contributed by atoms with E-state index in [9.17, 15) is 4.79 Å². The summed E-state index contributed by atoms with van der Waals surface area (Å²) in [5.74, 6) is -0.0418. The van der Waals surface area contributed by atoms with Crippen molar-refractivity contribution in [2.45, 2.75) is 45.8 Å². The van der Waals surface area contributed by atoms with Crippen molar-refractivity contribution in [1.29, 1.82) is 0 Å². The highest BCUT2D eigenvalue weighted by molar-refractivity contribution is 7.80. The summed E-state index contributed by atoms with van der Waals surface area (Å²) in [6.45, 7) is 7.57. The molecule has 194 valence electrons. The quantitative estimate of drug-likeness (QED) is 0.307. The average Bonchev–Trinajstić information content (AvgIpc) is 3.40. The lowest BCUT2D eigenvalue weighted by Crippen LogP contribution is -2.33. The van der Waals surface area contributed by atoms with E-state index < -0.39 is 0 Å². The van der Waals surface area contributed by atoms with Gasteiger partial charge < -0.3 is 20.1 Å². The fourth-order valence-electron chi connectivity index (χ4n) is 5.11. The highest BCUT2D eigenvalue weighted by Gasteiger charge is 2.41. The van der Waals surface area contributed by atoms with Gasteiger partial charge >= 0.3 is 0 Å². The summed E-state index contributed by atoms with van der Waals surface area (Å²) in [6.07, 6.45) is 5.77. The van der Waals surface area contributed by atoms with Crippen LogP contribution >= 0.6 is 12.2 Å². The van der Waals surface area contributed by atoms with Gasteiger partial charge in [0, 0.05) is 55.2 Å². The molecule has 1 aliphatic rings. The zero-order valence-electron chi connectivity index (χ0n) is 21.9. The lowest BCUT2D eigenvalue weighted by atomic mass is 9.96. The molecular formula is C30H32N6OS. The first kappa shape index (κ1) is 25.6. The Morgan fingerprint density at radius 3 is 2.50 bits per heavy atom. The van der Waals surface area contributed by atoms with E-state index in [1.165, 1.54) is 22.5 Å². The number of pyridine rings is 2. The predicted molar refractivity (Wildman–Crippen MR) is 154 cm³/mol. The van der Waals surface area contributed by atoms with Crippen LogP contribution in [0.25, 0.3) is 0 Å². The van der Waals surface area contributed by atoms with Crippen molar-refractivity contribution in [2.24, 2.45) is 0 Å². The average molecular weight is 525 g/mol. The summed E-state index contributed by atoms with van der Waals surface area (Å²) in [7, 11) is 0. The van der Waals surface area contributed by atoms with Crippen molar-refractivity contribution >= 4 is 28.9 Å². The van der Waals surface area contributed by atoms with E-state index in [1.54, 1.807) is 0 Å². The molecule has 1 aliphatic heterocycles. The molecule has 0 spiro atoms. The number of nitrogens with one attached hydrogen (secondary N) is 2. The molecule has 2 N–H and O–H groups in total. The summed E-state index contributed by atoms with van der Waals surface area (Å²) in [4.78, 5) is 23.8. The van der Waals surface area contributed by atoms with Gasteiger partial charge in [0.05, 0.1) is 17.8 Å². The predicted octanol–water partition coefficient (Wildman–Crippen LogP) is 5.25. The third-order valence-corrected chi connectivity index (χ3v) is 7.49. The summed E-state index contributed by atoms with van der Waals surface area (Å²) in [5.41, 5.74) is 7.59. The number of nitrogens with zero attached hydrogens (tertiary/aromatic N) is 4. The summed E-state index contributed by atoms with van der Waals surface area (Å²) >= 11 is 5.82. The number of hydrogen-bond donors (Lipinski definition) is 2. The van der Waals surface area contributed by atoms with Crippen LogP contribution < -0.4 is 10.6 Å². The van der Waals surface area contributed by atoms with Gasteiger partial charge in [-0.25, -0.2) is 0 Å². The fraction of sp³-hybridized carbons (Fsp3) is 0.267. The van der Waals surface area contributed by atoms with E-state index in [4.69, 9.17) is 12.2 Å². The van der Waals surface area contributed by atoms with Gasteiger partial charge in [0.25, 0.3) is 0 Å². The lowest BCUT2D eigenvalue weighted by molar-refractivity contribution is -0.116. The molecule has 1 fully saturated rings. The minimum atomic E-state index is -0.126. The monoisotopic (exact) mass is 524 g/mol. The largest absolute Gasteiger partial charge is 0.352 e. The van der Waals surface area contributed by atoms with Gasteiger partial charge in [-0.05, 0) is 86.6 Å². The fourth-order valence-corrected chi connectivity index (χ4v) is 5.44. The number of aromatic nitrogens is 3. The third-order valence-electron chi connectivity index (χ3n) is 7.13. The Balaban J connectivity index is 1.42. The van der Waals surface area contributed by atoms with Crippen molar-refractivity contribution in [2.75, 3.05) is 11.9 Å². The molecule has 3 aromatic heterocycles. The summed E-state index contributed by atoms with van der Waals surface area (Å²) in [5, 5.41) is 7.14. The Kier molecular flexibility index (Phi) is 7.51. The van der Waals surface area contributed by atoms with Crippen LogP contribution in [0.5, 0.6) is 0 Å². The number of amides is 1. The van der Waals surface area contributed by atoms with Gasteiger partial charge in [-0.2, -0.15) is 0 Å². The normalized spacial score (nSPS) is 16.9. The molecule has 1 amide bonds. The molecule has 4 aromatic rings. The maximum Gasteiger partial charge on any atom is 0.226 e. The molecule has 8 heteroatoms. The molecule has 0 unspecified atom stereocenters. The number of anilines is 1. The van der Waals surface area contributed by atoms with Crippen molar-refractivity contribution in [1.82, 2.24) is 24.8 Å². The molecule has 0 saturated carbocycles. The van der Waals surface area contributed by atoms with Gasteiger partial charge in [-0.3, -0.25) is 14.8 Å². The third kappa shape index (κ3) is 5.45. The van der Waals surface area contributed by atoms with Gasteiger partial charge in [0.1, 0.15) is 0 Å². The van der Waals surface area contributed by atoms with Crippen molar-refractivity contribution in [3.05, 3.63) is 113 Å². The van der Waals surface area contributed by atoms with Crippen LogP contribution in [0.4, 0.5) is 5.69 Å². The van der Waals surface area contributed by atoms with Crippen LogP contribution in [0.2, 0.25) is 0 Å². The van der Waals surface area contributed by atoms with Crippen molar-refractivity contribution in [3.8, 4) is 0 Å². The molecule has 1 saturated heterocycles. The van der Waals surface area contributed by atoms with E-state index in [1.807, 2.05) is 80.1 Å². The van der Waals surface area contributed by atoms with Crippen LogP contribution in [0.3, 0.4) is 0 Å². The molecule has 2 atom stereocenters. The number of carbonyl (C=O) groups is 1. The number of rotatable bonds is 8. The van der Waals surface area contributed by atoms with Crippen LogP contribution in [0.15, 0.2) is 79.3 Å². The van der Waals surface area contributed by atoms with Crippen LogP contribution in [0, 0.1) is 20.8 Å². The number of thiocarbonyl (C=S) groups is 1. The number of hydrogen-bond acceptors (Lipinski definition) is 4. The maximum absolute atomic E-state index is 12.9. The molecule has 38 heavy (non-hydrogen) atoms. The van der Waals surface area contributed by atoms with Gasteiger partial charge in [0.2, 0.25) is 5.91 Å². The first-order chi connectivity index (χ1) is 18.4. The molecule has 0 radical (unpaired) electrons. The first-order valence-corrected chi connectivity index (χ1v) is 13.2. The zero-order valence-corrected chi connectivity index (χ0v) is 22.7. The van der Waals surface area contributed by atoms with E-state index in [-0.39, 0.29) is 18.0 Å². The molecule has 7 nitrogen and oxygen atoms in total. The van der Waals surface area contributed by atoms with Gasteiger partial charge in [0.15, 0.2) is 5.11 Å². The Labute approximate surface area is 228 Å². The second-order valence-corrected chi connectivity index (χ2v) is 10.1. The zero-order chi connectivity index (χ0) is 26.6. The second kappa shape index (κ2) is 11.1. The Bertz CT molecular complexity index is 1420. The number of aryl methyl sites for hydroxylation is 2. The Morgan fingerprint density at radius 1 is 1.03 bits per heavy atom. The van der Waals surface area contributed by atoms with Gasteiger partial charge in [-0.15, -0.1) is 0 Å².